The highest BCUT2D eigenvalue weighted by Crippen LogP contribution is 2.37. The second-order valence-corrected chi connectivity index (χ2v) is 7.58. The van der Waals surface area contributed by atoms with Crippen molar-refractivity contribution >= 4 is 0 Å². The number of alkyl halides is 3. The van der Waals surface area contributed by atoms with Gasteiger partial charge in [0.2, 0.25) is 11.8 Å². The van der Waals surface area contributed by atoms with Crippen LogP contribution in [0.1, 0.15) is 16.7 Å². The minimum absolute atomic E-state index is 0.151. The van der Waals surface area contributed by atoms with Crippen molar-refractivity contribution < 1.29 is 32.5 Å². The van der Waals surface area contributed by atoms with Crippen molar-refractivity contribution in [2.24, 2.45) is 0 Å². The molecule has 0 unspecified atom stereocenters. The molecular weight excluding hydrogens is 459 g/mol. The fourth-order valence-electron chi connectivity index (χ4n) is 3.42. The van der Waals surface area contributed by atoms with E-state index in [0.717, 1.165) is 17.2 Å². The Labute approximate surface area is 200 Å². The zero-order valence-electron chi connectivity index (χ0n) is 18.5. The van der Waals surface area contributed by atoms with Crippen molar-refractivity contribution in [3.05, 3.63) is 108 Å². The topological polar surface area (TPSA) is 60.8 Å². The monoisotopic (exact) mass is 481 g/mol. The van der Waals surface area contributed by atoms with Crippen LogP contribution < -0.4 is 14.2 Å². The van der Waals surface area contributed by atoms with Gasteiger partial charge in [-0.2, -0.15) is 4.98 Å². The third-order valence-electron chi connectivity index (χ3n) is 5.06. The second-order valence-electron chi connectivity index (χ2n) is 7.58. The summed E-state index contributed by atoms with van der Waals surface area (Å²) in [5.41, 5.74) is 2.92. The maximum Gasteiger partial charge on any atom is 0.573 e. The van der Waals surface area contributed by atoms with E-state index in [1.165, 1.54) is 12.1 Å². The molecule has 0 radical (unpaired) electrons. The van der Waals surface area contributed by atoms with E-state index in [4.69, 9.17) is 9.47 Å². The molecule has 0 bridgehead atoms. The molecule has 4 rings (SSSR count). The number of aliphatic hydroxyl groups excluding tert-OH is 1. The molecule has 8 heteroatoms. The van der Waals surface area contributed by atoms with Gasteiger partial charge in [-0.05, 0) is 40.5 Å². The summed E-state index contributed by atoms with van der Waals surface area (Å²) >= 11 is 0. The molecule has 0 amide bonds. The highest BCUT2D eigenvalue weighted by molar-refractivity contribution is 5.73. The molecule has 0 aliphatic carbocycles. The molecule has 0 atom stereocenters. The van der Waals surface area contributed by atoms with E-state index in [1.807, 2.05) is 60.7 Å². The SMILES string of the molecule is OCc1ccc(OC(F)(F)F)cc1-c1ccc(OCc2ccccc2)nc1OCc1ccccc1. The van der Waals surface area contributed by atoms with Crippen LogP contribution in [0.25, 0.3) is 11.1 Å². The van der Waals surface area contributed by atoms with E-state index in [-0.39, 0.29) is 25.0 Å². The van der Waals surface area contributed by atoms with E-state index < -0.39 is 18.7 Å². The normalized spacial score (nSPS) is 11.2. The first kappa shape index (κ1) is 24.1. The lowest BCUT2D eigenvalue weighted by molar-refractivity contribution is -0.274. The lowest BCUT2D eigenvalue weighted by Gasteiger charge is -2.16. The Balaban J connectivity index is 1.68. The van der Waals surface area contributed by atoms with Gasteiger partial charge in [0.25, 0.3) is 0 Å². The minimum Gasteiger partial charge on any atom is -0.473 e. The average molecular weight is 481 g/mol. The molecule has 1 heterocycles. The molecule has 1 aromatic heterocycles. The van der Waals surface area contributed by atoms with Crippen molar-refractivity contribution in [1.29, 1.82) is 0 Å². The summed E-state index contributed by atoms with van der Waals surface area (Å²) in [6, 6.07) is 25.9. The van der Waals surface area contributed by atoms with E-state index in [2.05, 4.69) is 9.72 Å². The van der Waals surface area contributed by atoms with E-state index in [9.17, 15) is 18.3 Å². The molecule has 0 spiro atoms. The number of aromatic nitrogens is 1. The van der Waals surface area contributed by atoms with Gasteiger partial charge in [0.15, 0.2) is 0 Å². The Hall–Kier alpha value is -4.04. The van der Waals surface area contributed by atoms with Crippen LogP contribution in [0, 0.1) is 0 Å². The van der Waals surface area contributed by atoms with Crippen LogP contribution in [-0.2, 0) is 19.8 Å². The molecule has 180 valence electrons. The van der Waals surface area contributed by atoms with Gasteiger partial charge in [0.05, 0.1) is 6.61 Å². The standard InChI is InChI=1S/C27H22F3NO4/c28-27(29,30)35-22-12-11-21(16-32)24(15-22)23-13-14-25(33-17-19-7-3-1-4-8-19)31-26(23)34-18-20-9-5-2-6-10-20/h1-15,32H,16-18H2. The predicted molar refractivity (Wildman–Crippen MR) is 124 cm³/mol. The predicted octanol–water partition coefficient (Wildman–Crippen LogP) is 6.30. The Morgan fingerprint density at radius 1 is 0.714 bits per heavy atom. The van der Waals surface area contributed by atoms with E-state index in [0.29, 0.717) is 16.7 Å². The highest BCUT2D eigenvalue weighted by atomic mass is 19.4. The van der Waals surface area contributed by atoms with Crippen molar-refractivity contribution in [3.63, 3.8) is 0 Å². The molecule has 0 fully saturated rings. The van der Waals surface area contributed by atoms with Crippen LogP contribution in [0.5, 0.6) is 17.5 Å². The Morgan fingerprint density at radius 3 is 1.94 bits per heavy atom. The first-order valence-corrected chi connectivity index (χ1v) is 10.8. The summed E-state index contributed by atoms with van der Waals surface area (Å²) in [4.78, 5) is 4.47. The largest absolute Gasteiger partial charge is 0.573 e. The third kappa shape index (κ3) is 6.74. The molecular formula is C27H22F3NO4. The minimum atomic E-state index is -4.85. The molecule has 35 heavy (non-hydrogen) atoms. The van der Waals surface area contributed by atoms with Gasteiger partial charge in [0, 0.05) is 11.6 Å². The van der Waals surface area contributed by atoms with E-state index in [1.54, 1.807) is 12.1 Å². The molecule has 4 aromatic rings. The van der Waals surface area contributed by atoms with Gasteiger partial charge in [-0.3, -0.25) is 0 Å². The molecule has 5 nitrogen and oxygen atoms in total. The lowest BCUT2D eigenvalue weighted by atomic mass is 10.0. The van der Waals surface area contributed by atoms with Crippen molar-refractivity contribution in [2.45, 2.75) is 26.2 Å². The van der Waals surface area contributed by atoms with Crippen LogP contribution in [0.3, 0.4) is 0 Å². The summed E-state index contributed by atoms with van der Waals surface area (Å²) in [5.74, 6) is 0.0234. The maximum absolute atomic E-state index is 12.8. The zero-order valence-corrected chi connectivity index (χ0v) is 18.5. The molecule has 0 aliphatic rings. The summed E-state index contributed by atoms with van der Waals surface area (Å²) in [6.07, 6.45) is -4.85. The van der Waals surface area contributed by atoms with Gasteiger partial charge in [-0.1, -0.05) is 66.7 Å². The Morgan fingerprint density at radius 2 is 1.34 bits per heavy atom. The first-order valence-electron chi connectivity index (χ1n) is 10.8. The fourth-order valence-corrected chi connectivity index (χ4v) is 3.42. The number of ether oxygens (including phenoxy) is 3. The molecule has 0 aliphatic heterocycles. The highest BCUT2D eigenvalue weighted by Gasteiger charge is 2.31. The van der Waals surface area contributed by atoms with Crippen LogP contribution in [-0.4, -0.2) is 16.5 Å². The molecule has 0 saturated carbocycles. The number of nitrogens with zero attached hydrogens (tertiary/aromatic N) is 1. The number of rotatable bonds is 9. The molecule has 0 saturated heterocycles. The molecule has 1 N–H and O–H groups in total. The number of halogens is 3. The first-order chi connectivity index (χ1) is 16.9. The second kappa shape index (κ2) is 10.9. The van der Waals surface area contributed by atoms with Gasteiger partial charge < -0.3 is 19.3 Å². The summed E-state index contributed by atoms with van der Waals surface area (Å²) in [7, 11) is 0. The summed E-state index contributed by atoms with van der Waals surface area (Å²) in [5, 5.41) is 9.82. The maximum atomic E-state index is 12.8. The number of benzene rings is 3. The summed E-state index contributed by atoms with van der Waals surface area (Å²) in [6.45, 7) is 0.0598. The Bertz CT molecular complexity index is 1250. The molecule has 3 aromatic carbocycles. The smallest absolute Gasteiger partial charge is 0.473 e. The van der Waals surface area contributed by atoms with Crippen LogP contribution >= 0.6 is 0 Å². The third-order valence-corrected chi connectivity index (χ3v) is 5.06. The number of hydrogen-bond acceptors (Lipinski definition) is 5. The Kier molecular flexibility index (Phi) is 7.52. The quantitative estimate of drug-likeness (QED) is 0.304. The lowest BCUT2D eigenvalue weighted by Crippen LogP contribution is -2.17. The number of hydrogen-bond donors (Lipinski definition) is 1. The van der Waals surface area contributed by atoms with Gasteiger partial charge >= 0.3 is 6.36 Å². The number of pyridine rings is 1. The number of aliphatic hydroxyl groups is 1. The van der Waals surface area contributed by atoms with Crippen molar-refractivity contribution in [2.75, 3.05) is 0 Å². The van der Waals surface area contributed by atoms with Gasteiger partial charge in [-0.25, -0.2) is 0 Å². The van der Waals surface area contributed by atoms with Crippen molar-refractivity contribution in [3.8, 4) is 28.6 Å². The van der Waals surface area contributed by atoms with Crippen LogP contribution in [0.15, 0.2) is 91.0 Å². The van der Waals surface area contributed by atoms with Gasteiger partial charge in [-0.15, -0.1) is 13.2 Å². The van der Waals surface area contributed by atoms with Gasteiger partial charge in [0.1, 0.15) is 19.0 Å². The van der Waals surface area contributed by atoms with Crippen LogP contribution in [0.2, 0.25) is 0 Å². The van der Waals surface area contributed by atoms with Crippen LogP contribution in [0.4, 0.5) is 13.2 Å². The fraction of sp³-hybridized carbons (Fsp3) is 0.148. The zero-order chi connectivity index (χ0) is 24.7. The van der Waals surface area contributed by atoms with Crippen molar-refractivity contribution in [1.82, 2.24) is 4.98 Å². The average Bonchev–Trinajstić information content (AvgIpc) is 2.86. The van der Waals surface area contributed by atoms with E-state index >= 15 is 0 Å². The summed E-state index contributed by atoms with van der Waals surface area (Å²) < 4.78 is 54.3.